The van der Waals surface area contributed by atoms with Crippen molar-refractivity contribution < 1.29 is 16.8 Å². The maximum atomic E-state index is 11.3. The van der Waals surface area contributed by atoms with E-state index in [2.05, 4.69) is 0 Å². The lowest BCUT2D eigenvalue weighted by Crippen LogP contribution is -2.42. The molecule has 0 spiro atoms. The molecule has 2 N–H and O–H groups in total. The number of hydrogen-bond donors (Lipinski definition) is 1. The van der Waals surface area contributed by atoms with Crippen LogP contribution >= 0.6 is 0 Å². The van der Waals surface area contributed by atoms with E-state index in [0.29, 0.717) is 6.42 Å². The van der Waals surface area contributed by atoms with Gasteiger partial charge in [0.15, 0.2) is 9.84 Å². The highest BCUT2D eigenvalue weighted by Gasteiger charge is 2.39. The molecule has 0 aliphatic carbocycles. The van der Waals surface area contributed by atoms with Crippen LogP contribution in [0.15, 0.2) is 0 Å². The van der Waals surface area contributed by atoms with Gasteiger partial charge in [-0.15, -0.1) is 0 Å². The predicted molar refractivity (Wildman–Crippen MR) is 59.1 cm³/mol. The molecule has 0 saturated carbocycles. The highest BCUT2D eigenvalue weighted by atomic mass is 32.2. The average molecular weight is 255 g/mol. The largest absolute Gasteiger partial charge is 0.324 e. The van der Waals surface area contributed by atoms with Crippen LogP contribution in [-0.2, 0) is 19.7 Å². The zero-order valence-electron chi connectivity index (χ0n) is 8.77. The molecule has 1 heterocycles. The number of hydrogen-bond acceptors (Lipinski definition) is 5. The lowest BCUT2D eigenvalue weighted by atomic mass is 9.97. The van der Waals surface area contributed by atoms with Crippen molar-refractivity contribution in [1.82, 2.24) is 0 Å². The van der Waals surface area contributed by atoms with Crippen molar-refractivity contribution in [2.75, 3.05) is 23.0 Å². The molecule has 5 nitrogen and oxygen atoms in total. The fourth-order valence-electron chi connectivity index (χ4n) is 1.64. The van der Waals surface area contributed by atoms with Crippen LogP contribution in [0.1, 0.15) is 19.8 Å². The Morgan fingerprint density at radius 2 is 2.00 bits per heavy atom. The minimum atomic E-state index is -3.06. The molecule has 0 aromatic heterocycles. The second kappa shape index (κ2) is 4.03. The van der Waals surface area contributed by atoms with Gasteiger partial charge < -0.3 is 5.73 Å². The summed E-state index contributed by atoms with van der Waals surface area (Å²) in [6, 6.07) is 0. The van der Waals surface area contributed by atoms with Crippen LogP contribution in [-0.4, -0.2) is 45.4 Å². The van der Waals surface area contributed by atoms with Crippen molar-refractivity contribution in [1.29, 1.82) is 0 Å². The van der Waals surface area contributed by atoms with Crippen LogP contribution in [0, 0.1) is 0 Å². The van der Waals surface area contributed by atoms with Gasteiger partial charge >= 0.3 is 0 Å². The van der Waals surface area contributed by atoms with Crippen molar-refractivity contribution in [3.05, 3.63) is 0 Å². The van der Waals surface area contributed by atoms with E-state index in [1.165, 1.54) is 0 Å². The van der Waals surface area contributed by atoms with Gasteiger partial charge in [0, 0.05) is 11.3 Å². The summed E-state index contributed by atoms with van der Waals surface area (Å²) in [5.74, 6) is 0.0558. The fraction of sp³-hybridized carbons (Fsp3) is 1.00. The Morgan fingerprint density at radius 1 is 1.40 bits per heavy atom. The SMILES string of the molecule is CCS(=O)(=O)CCC1(N)CCS(=O)(=O)C1. The maximum absolute atomic E-state index is 11.3. The van der Waals surface area contributed by atoms with Crippen LogP contribution in [0.2, 0.25) is 0 Å². The van der Waals surface area contributed by atoms with Crippen LogP contribution in [0.4, 0.5) is 0 Å². The Balaban J connectivity index is 2.61. The summed E-state index contributed by atoms with van der Waals surface area (Å²) in [7, 11) is -6.11. The molecule has 0 bridgehead atoms. The molecule has 1 atom stereocenters. The standard InChI is InChI=1S/C8H17NO4S2/c1-2-14(10,11)5-3-8(9)4-6-15(12,13)7-8/h2-7,9H2,1H3. The molecule has 1 fully saturated rings. The molecule has 1 saturated heterocycles. The summed E-state index contributed by atoms with van der Waals surface area (Å²) in [5, 5.41) is 0. The minimum absolute atomic E-state index is 0.0183. The van der Waals surface area contributed by atoms with Crippen molar-refractivity contribution in [2.24, 2.45) is 5.73 Å². The van der Waals surface area contributed by atoms with Crippen LogP contribution in [0.5, 0.6) is 0 Å². The first-order valence-electron chi connectivity index (χ1n) is 4.88. The van der Waals surface area contributed by atoms with E-state index < -0.39 is 25.2 Å². The molecular formula is C8H17NO4S2. The predicted octanol–water partition coefficient (Wildman–Crippen LogP) is -0.673. The second-order valence-electron chi connectivity index (χ2n) is 4.19. The number of sulfone groups is 2. The molecule has 0 radical (unpaired) electrons. The molecule has 0 aromatic rings. The zero-order chi connectivity index (χ0) is 11.7. The molecule has 1 aliphatic rings. The number of rotatable bonds is 4. The quantitative estimate of drug-likeness (QED) is 0.718. The molecule has 1 aliphatic heterocycles. The molecule has 7 heteroatoms. The van der Waals surface area contributed by atoms with Crippen molar-refractivity contribution >= 4 is 19.7 Å². The maximum Gasteiger partial charge on any atom is 0.152 e. The molecule has 1 rings (SSSR count). The molecule has 0 amide bonds. The summed E-state index contributed by atoms with van der Waals surface area (Å²) < 4.78 is 44.9. The van der Waals surface area contributed by atoms with Gasteiger partial charge in [-0.25, -0.2) is 16.8 Å². The summed E-state index contributed by atoms with van der Waals surface area (Å²) in [6.45, 7) is 1.57. The molecule has 0 aromatic carbocycles. The van der Waals surface area contributed by atoms with Crippen LogP contribution in [0.3, 0.4) is 0 Å². The minimum Gasteiger partial charge on any atom is -0.324 e. The molecular weight excluding hydrogens is 238 g/mol. The Hall–Kier alpha value is -0.140. The third-order valence-electron chi connectivity index (χ3n) is 2.77. The van der Waals surface area contributed by atoms with Crippen LogP contribution < -0.4 is 5.73 Å². The van der Waals surface area contributed by atoms with Gasteiger partial charge in [-0.2, -0.15) is 0 Å². The topological polar surface area (TPSA) is 94.3 Å². The van der Waals surface area contributed by atoms with Crippen molar-refractivity contribution in [3.8, 4) is 0 Å². The Morgan fingerprint density at radius 3 is 2.40 bits per heavy atom. The van der Waals surface area contributed by atoms with E-state index >= 15 is 0 Å². The Bertz CT molecular complexity index is 426. The van der Waals surface area contributed by atoms with E-state index in [4.69, 9.17) is 5.73 Å². The first kappa shape index (κ1) is 12.9. The molecule has 90 valence electrons. The smallest absolute Gasteiger partial charge is 0.152 e. The Kier molecular flexibility index (Phi) is 3.47. The second-order valence-corrected chi connectivity index (χ2v) is 8.85. The normalized spacial score (nSPS) is 30.5. The summed E-state index contributed by atoms with van der Waals surface area (Å²) in [5.41, 5.74) is 5.02. The summed E-state index contributed by atoms with van der Waals surface area (Å²) in [4.78, 5) is 0. The van der Waals surface area contributed by atoms with E-state index in [1.807, 2.05) is 0 Å². The van der Waals surface area contributed by atoms with Crippen LogP contribution in [0.25, 0.3) is 0 Å². The average Bonchev–Trinajstić information content (AvgIpc) is 2.39. The van der Waals surface area contributed by atoms with E-state index in [-0.39, 0.29) is 29.4 Å². The zero-order valence-corrected chi connectivity index (χ0v) is 10.4. The summed E-state index contributed by atoms with van der Waals surface area (Å²) >= 11 is 0. The molecule has 15 heavy (non-hydrogen) atoms. The van der Waals surface area contributed by atoms with E-state index in [0.717, 1.165) is 0 Å². The van der Waals surface area contributed by atoms with Crippen molar-refractivity contribution in [3.63, 3.8) is 0 Å². The van der Waals surface area contributed by atoms with E-state index in [1.54, 1.807) is 6.92 Å². The third kappa shape index (κ3) is 3.73. The fourth-order valence-corrected chi connectivity index (χ4v) is 4.67. The van der Waals surface area contributed by atoms with Gasteiger partial charge in [0.05, 0.1) is 17.3 Å². The third-order valence-corrected chi connectivity index (χ3v) is 6.32. The van der Waals surface area contributed by atoms with Gasteiger partial charge in [-0.05, 0) is 12.8 Å². The van der Waals surface area contributed by atoms with Gasteiger partial charge in [0.25, 0.3) is 0 Å². The first-order valence-corrected chi connectivity index (χ1v) is 8.52. The molecule has 1 unspecified atom stereocenters. The number of nitrogens with two attached hydrogens (primary N) is 1. The van der Waals surface area contributed by atoms with Gasteiger partial charge in [-0.1, -0.05) is 6.92 Å². The monoisotopic (exact) mass is 255 g/mol. The summed E-state index contributed by atoms with van der Waals surface area (Å²) in [6.07, 6.45) is 0.608. The Labute approximate surface area is 90.9 Å². The van der Waals surface area contributed by atoms with Crippen molar-refractivity contribution in [2.45, 2.75) is 25.3 Å². The van der Waals surface area contributed by atoms with Gasteiger partial charge in [0.1, 0.15) is 9.84 Å². The van der Waals surface area contributed by atoms with E-state index in [9.17, 15) is 16.8 Å². The first-order chi connectivity index (χ1) is 6.68. The van der Waals surface area contributed by atoms with Gasteiger partial charge in [0.2, 0.25) is 0 Å². The highest BCUT2D eigenvalue weighted by molar-refractivity contribution is 7.92. The lowest BCUT2D eigenvalue weighted by molar-refractivity contribution is 0.460. The van der Waals surface area contributed by atoms with Gasteiger partial charge in [-0.3, -0.25) is 0 Å². The lowest BCUT2D eigenvalue weighted by Gasteiger charge is -2.21. The highest BCUT2D eigenvalue weighted by Crippen LogP contribution is 2.24.